The van der Waals surface area contributed by atoms with Crippen molar-refractivity contribution in [2.45, 2.75) is 39.7 Å². The summed E-state index contributed by atoms with van der Waals surface area (Å²) < 4.78 is 10.6. The highest BCUT2D eigenvalue weighted by Gasteiger charge is 2.23. The highest BCUT2D eigenvalue weighted by atomic mass is 127. The van der Waals surface area contributed by atoms with Gasteiger partial charge in [0, 0.05) is 51.0 Å². The second kappa shape index (κ2) is 13.5. The molecule has 176 valence electrons. The quantitative estimate of drug-likeness (QED) is 0.201. The second-order valence-electron chi connectivity index (χ2n) is 8.38. The van der Waals surface area contributed by atoms with E-state index in [4.69, 9.17) is 14.5 Å². The van der Waals surface area contributed by atoms with Gasteiger partial charge in [0.15, 0.2) is 5.96 Å². The molecule has 0 saturated carbocycles. The van der Waals surface area contributed by atoms with Crippen molar-refractivity contribution in [3.63, 3.8) is 0 Å². The van der Waals surface area contributed by atoms with E-state index in [1.165, 1.54) is 5.69 Å². The minimum atomic E-state index is -0.492. The summed E-state index contributed by atoms with van der Waals surface area (Å²) in [7, 11) is 1.69. The van der Waals surface area contributed by atoms with Crippen molar-refractivity contribution in [1.29, 1.82) is 0 Å². The number of hydrogen-bond acceptors (Lipinski definition) is 5. The Kier molecular flexibility index (Phi) is 11.8. The van der Waals surface area contributed by atoms with Crippen LogP contribution < -0.4 is 25.6 Å². The number of hydrogen-bond donors (Lipinski definition) is 3. The van der Waals surface area contributed by atoms with Gasteiger partial charge in [0.25, 0.3) is 0 Å². The molecule has 0 radical (unpaired) electrons. The lowest BCUT2D eigenvalue weighted by molar-refractivity contribution is 0.0529. The van der Waals surface area contributed by atoms with Crippen LogP contribution in [0.4, 0.5) is 10.5 Å². The number of nitrogens with one attached hydrogen (secondary N) is 3. The number of ether oxygens (including phenoxy) is 2. The van der Waals surface area contributed by atoms with Crippen molar-refractivity contribution in [3.05, 3.63) is 24.3 Å². The molecule has 8 nitrogen and oxygen atoms in total. The summed E-state index contributed by atoms with van der Waals surface area (Å²) in [4.78, 5) is 18.8. The number of methoxy groups -OCH3 is 1. The van der Waals surface area contributed by atoms with E-state index in [0.717, 1.165) is 44.3 Å². The topological polar surface area (TPSA) is 87.2 Å². The zero-order chi connectivity index (χ0) is 22.0. The molecule has 31 heavy (non-hydrogen) atoms. The third-order valence-corrected chi connectivity index (χ3v) is 4.64. The van der Waals surface area contributed by atoms with E-state index in [1.807, 2.05) is 39.8 Å². The molecule has 1 atom stereocenters. The van der Waals surface area contributed by atoms with Crippen LogP contribution in [0.2, 0.25) is 0 Å². The Bertz CT molecular complexity index is 709. The summed E-state index contributed by atoms with van der Waals surface area (Å²) in [6.07, 6.45) is 0.704. The lowest BCUT2D eigenvalue weighted by Gasteiger charge is -2.20. The first-order valence-electron chi connectivity index (χ1n) is 10.7. The minimum absolute atomic E-state index is 0. The van der Waals surface area contributed by atoms with Crippen molar-refractivity contribution >= 4 is 41.7 Å². The van der Waals surface area contributed by atoms with Gasteiger partial charge < -0.3 is 30.3 Å². The lowest BCUT2D eigenvalue weighted by Crippen LogP contribution is -2.42. The van der Waals surface area contributed by atoms with E-state index in [9.17, 15) is 4.79 Å². The van der Waals surface area contributed by atoms with Crippen LogP contribution in [-0.4, -0.2) is 64.0 Å². The molecule has 0 bridgehead atoms. The number of halogens is 1. The maximum atomic E-state index is 11.7. The van der Waals surface area contributed by atoms with Crippen LogP contribution in [0.5, 0.6) is 5.75 Å². The fraction of sp³-hybridized carbons (Fsp3) is 0.636. The second-order valence-corrected chi connectivity index (χ2v) is 8.38. The molecule has 9 heteroatoms. The standard InChI is InChI=1S/C22H37N5O3.HI/c1-6-23-20(24-11-12-25-21(28)30-22(2,3)4)26-15-17-10-13-27(16-17)18-8-7-9-19(14-18)29-5;/h7-9,14,17H,6,10-13,15-16H2,1-5H3,(H,25,28)(H2,23,24,26);1H. The summed E-state index contributed by atoms with van der Waals surface area (Å²) in [6, 6.07) is 8.19. The van der Waals surface area contributed by atoms with Gasteiger partial charge in [-0.2, -0.15) is 0 Å². The highest BCUT2D eigenvalue weighted by molar-refractivity contribution is 14.0. The van der Waals surface area contributed by atoms with E-state index in [0.29, 0.717) is 19.0 Å². The van der Waals surface area contributed by atoms with Crippen molar-refractivity contribution in [2.24, 2.45) is 10.9 Å². The third-order valence-electron chi connectivity index (χ3n) is 4.64. The first-order chi connectivity index (χ1) is 14.3. The van der Waals surface area contributed by atoms with Crippen LogP contribution in [0.25, 0.3) is 0 Å². The number of carbonyl (C=O) groups is 1. The molecule has 1 fully saturated rings. The molecule has 0 spiro atoms. The fourth-order valence-corrected chi connectivity index (χ4v) is 3.25. The van der Waals surface area contributed by atoms with Crippen molar-refractivity contribution in [1.82, 2.24) is 16.0 Å². The zero-order valence-electron chi connectivity index (χ0n) is 19.4. The van der Waals surface area contributed by atoms with Gasteiger partial charge in [-0.25, -0.2) is 4.79 Å². The molecule has 0 aromatic heterocycles. The average molecular weight is 547 g/mol. The molecule has 1 saturated heterocycles. The molecule has 1 unspecified atom stereocenters. The first-order valence-corrected chi connectivity index (χ1v) is 10.7. The van der Waals surface area contributed by atoms with Gasteiger partial charge in [-0.15, -0.1) is 24.0 Å². The average Bonchev–Trinajstić information content (AvgIpc) is 3.17. The molecular formula is C22H38IN5O3. The molecule has 2 rings (SSSR count). The SMILES string of the molecule is CCNC(=NCC1CCN(c2cccc(OC)c2)C1)NCCNC(=O)OC(C)(C)C.I. The Morgan fingerprint density at radius 3 is 2.65 bits per heavy atom. The third kappa shape index (κ3) is 10.3. The summed E-state index contributed by atoms with van der Waals surface area (Å²) in [5.41, 5.74) is 0.701. The van der Waals surface area contributed by atoms with Gasteiger partial charge in [-0.1, -0.05) is 6.07 Å². The molecule has 3 N–H and O–H groups in total. The van der Waals surface area contributed by atoms with Gasteiger partial charge in [0.1, 0.15) is 11.4 Å². The van der Waals surface area contributed by atoms with E-state index in [1.54, 1.807) is 7.11 Å². The van der Waals surface area contributed by atoms with Crippen molar-refractivity contribution in [2.75, 3.05) is 51.3 Å². The smallest absolute Gasteiger partial charge is 0.407 e. The summed E-state index contributed by atoms with van der Waals surface area (Å²) >= 11 is 0. The number of aliphatic imine (C=N–C) groups is 1. The fourth-order valence-electron chi connectivity index (χ4n) is 3.25. The van der Waals surface area contributed by atoms with E-state index >= 15 is 0 Å². The van der Waals surface area contributed by atoms with Crippen LogP contribution in [0, 0.1) is 5.92 Å². The van der Waals surface area contributed by atoms with Gasteiger partial charge in [0.2, 0.25) is 0 Å². The van der Waals surface area contributed by atoms with Gasteiger partial charge in [-0.3, -0.25) is 4.99 Å². The maximum absolute atomic E-state index is 11.7. The number of guanidine groups is 1. The van der Waals surface area contributed by atoms with Crippen LogP contribution >= 0.6 is 24.0 Å². The molecule has 1 aliphatic rings. The number of alkyl carbamates (subject to hydrolysis) is 1. The lowest BCUT2D eigenvalue weighted by atomic mass is 10.1. The zero-order valence-corrected chi connectivity index (χ0v) is 21.7. The van der Waals surface area contributed by atoms with Gasteiger partial charge in [0.05, 0.1) is 7.11 Å². The molecular weight excluding hydrogens is 509 g/mol. The number of rotatable bonds is 8. The molecule has 0 aliphatic carbocycles. The number of carbonyl (C=O) groups excluding carboxylic acids is 1. The van der Waals surface area contributed by atoms with Crippen molar-refractivity contribution < 1.29 is 14.3 Å². The Balaban J connectivity index is 0.00000480. The minimum Gasteiger partial charge on any atom is -0.497 e. The van der Waals surface area contributed by atoms with E-state index in [-0.39, 0.29) is 24.0 Å². The van der Waals surface area contributed by atoms with Gasteiger partial charge in [-0.05, 0) is 52.2 Å². The van der Waals surface area contributed by atoms with Crippen LogP contribution in [0.1, 0.15) is 34.1 Å². The molecule has 1 amide bonds. The summed E-state index contributed by atoms with van der Waals surface area (Å²) in [6.45, 7) is 12.2. The summed E-state index contributed by atoms with van der Waals surface area (Å²) in [5, 5.41) is 9.26. The molecule has 1 aromatic rings. The molecule has 1 heterocycles. The van der Waals surface area contributed by atoms with Crippen LogP contribution in [0.15, 0.2) is 29.3 Å². The Hall–Kier alpha value is -1.91. The predicted octanol–water partition coefficient (Wildman–Crippen LogP) is 3.22. The number of amides is 1. The molecule has 1 aliphatic heterocycles. The largest absolute Gasteiger partial charge is 0.497 e. The number of benzene rings is 1. The predicted molar refractivity (Wildman–Crippen MR) is 137 cm³/mol. The monoisotopic (exact) mass is 547 g/mol. The van der Waals surface area contributed by atoms with Gasteiger partial charge >= 0.3 is 6.09 Å². The summed E-state index contributed by atoms with van der Waals surface area (Å²) in [5.74, 6) is 2.16. The number of nitrogens with zero attached hydrogens (tertiary/aromatic N) is 2. The Labute approximate surface area is 203 Å². The Morgan fingerprint density at radius 1 is 1.23 bits per heavy atom. The maximum Gasteiger partial charge on any atom is 0.407 e. The number of anilines is 1. The first kappa shape index (κ1) is 27.1. The van der Waals surface area contributed by atoms with Crippen molar-refractivity contribution in [3.8, 4) is 5.75 Å². The Morgan fingerprint density at radius 2 is 1.97 bits per heavy atom. The molecule has 1 aromatic carbocycles. The van der Waals surface area contributed by atoms with E-state index < -0.39 is 11.7 Å². The normalized spacial score (nSPS) is 16.4. The highest BCUT2D eigenvalue weighted by Crippen LogP contribution is 2.26. The van der Waals surface area contributed by atoms with Crippen LogP contribution in [0.3, 0.4) is 0 Å². The van der Waals surface area contributed by atoms with Crippen LogP contribution in [-0.2, 0) is 4.74 Å². The van der Waals surface area contributed by atoms with E-state index in [2.05, 4.69) is 33.0 Å².